The van der Waals surface area contributed by atoms with Crippen LogP contribution in [0, 0.1) is 11.8 Å². The maximum atomic E-state index is 13.1. The van der Waals surface area contributed by atoms with Crippen LogP contribution in [-0.2, 0) is 35.3 Å². The van der Waals surface area contributed by atoms with E-state index in [-0.39, 0.29) is 55.5 Å². The number of nitrogens with zero attached hydrogens (tertiary/aromatic N) is 2. The van der Waals surface area contributed by atoms with Gasteiger partial charge in [0.05, 0.1) is 25.2 Å². The molecular formula is C29H47N5O7. The normalized spacial score (nSPS) is 13.8. The average molecular weight is 578 g/mol. The maximum Gasteiger partial charge on any atom is 0.410 e. The Labute approximate surface area is 243 Å². The van der Waals surface area contributed by atoms with Gasteiger partial charge in [0.2, 0.25) is 24.1 Å². The summed E-state index contributed by atoms with van der Waals surface area (Å²) in [5.74, 6) is -1.12. The number of hydrogen-bond donors (Lipinski definition) is 3. The highest BCUT2D eigenvalue weighted by atomic mass is 16.6. The van der Waals surface area contributed by atoms with Crippen molar-refractivity contribution in [2.45, 2.75) is 72.3 Å². The van der Waals surface area contributed by atoms with Crippen LogP contribution in [0.15, 0.2) is 24.3 Å². The number of nitrogens with one attached hydrogen (secondary N) is 3. The molecule has 0 fully saturated rings. The lowest BCUT2D eigenvalue weighted by atomic mass is 9.91. The molecule has 1 rings (SSSR count). The highest BCUT2D eigenvalue weighted by molar-refractivity contribution is 5.93. The number of rotatable bonds is 17. The summed E-state index contributed by atoms with van der Waals surface area (Å²) in [4.78, 5) is 63.8. The van der Waals surface area contributed by atoms with Gasteiger partial charge in [-0.1, -0.05) is 53.2 Å². The third-order valence-corrected chi connectivity index (χ3v) is 7.12. The molecule has 1 aromatic carbocycles. The number of carbonyl (C=O) groups is 5. The predicted octanol–water partition coefficient (Wildman–Crippen LogP) is 2.38. The Kier molecular flexibility index (Phi) is 15.4. The molecule has 0 heterocycles. The van der Waals surface area contributed by atoms with Gasteiger partial charge in [0.25, 0.3) is 0 Å². The molecule has 0 spiro atoms. The highest BCUT2D eigenvalue weighted by Crippen LogP contribution is 2.21. The van der Waals surface area contributed by atoms with Crippen molar-refractivity contribution in [2.75, 3.05) is 39.6 Å². The van der Waals surface area contributed by atoms with E-state index in [9.17, 15) is 24.0 Å². The molecule has 0 bridgehead atoms. The molecule has 41 heavy (non-hydrogen) atoms. The zero-order chi connectivity index (χ0) is 31.1. The van der Waals surface area contributed by atoms with Gasteiger partial charge in [0, 0.05) is 26.9 Å². The topological polar surface area (TPSA) is 146 Å². The fraction of sp³-hybridized carbons (Fsp3) is 0.621. The number of ether oxygens (including phenoxy) is 2. The van der Waals surface area contributed by atoms with Crippen LogP contribution in [0.4, 0.5) is 10.5 Å². The SMILES string of the molecule is CCC(C)C([C@@H](CC)OC)N(C)C(=O)CNC(=O)C(C(C)C)N(C)C(=O)OCc1ccc(NC(=O)CNC=O)cc1. The molecule has 0 saturated carbocycles. The number of anilines is 1. The first-order valence-corrected chi connectivity index (χ1v) is 13.9. The molecule has 1 aromatic rings. The van der Waals surface area contributed by atoms with E-state index in [1.807, 2.05) is 20.8 Å². The summed E-state index contributed by atoms with van der Waals surface area (Å²) in [5, 5.41) is 7.60. The fourth-order valence-corrected chi connectivity index (χ4v) is 4.66. The molecule has 5 amide bonds. The molecule has 0 aromatic heterocycles. The molecule has 0 radical (unpaired) electrons. The van der Waals surface area contributed by atoms with Gasteiger partial charge in [-0.2, -0.15) is 0 Å². The molecule has 230 valence electrons. The number of carbonyl (C=O) groups excluding carboxylic acids is 5. The first-order valence-electron chi connectivity index (χ1n) is 13.9. The summed E-state index contributed by atoms with van der Waals surface area (Å²) < 4.78 is 11.0. The highest BCUT2D eigenvalue weighted by Gasteiger charge is 2.34. The third kappa shape index (κ3) is 11.0. The van der Waals surface area contributed by atoms with Crippen molar-refractivity contribution in [2.24, 2.45) is 11.8 Å². The Hall–Kier alpha value is -3.67. The van der Waals surface area contributed by atoms with Crippen molar-refractivity contribution >= 4 is 35.9 Å². The standard InChI is InChI=1S/C29H47N5O7/c1-9-20(5)27(23(10-2)40-8)33(6)25(37)16-31-28(38)26(19(3)4)34(7)29(39)41-17-21-11-13-22(14-12-21)32-24(36)15-30-18-35/h11-14,18-20,23,26-27H,9-10,15-17H2,1-8H3,(H,30,35)(H,31,38)(H,32,36)/t20?,23-,26?,27?/m1/s1. The molecule has 12 nitrogen and oxygen atoms in total. The van der Waals surface area contributed by atoms with Gasteiger partial charge in [-0.15, -0.1) is 0 Å². The van der Waals surface area contributed by atoms with Crippen LogP contribution in [0.2, 0.25) is 0 Å². The molecule has 0 aliphatic rings. The van der Waals surface area contributed by atoms with E-state index in [0.29, 0.717) is 17.7 Å². The minimum atomic E-state index is -0.856. The van der Waals surface area contributed by atoms with Gasteiger partial charge in [0.1, 0.15) is 12.6 Å². The van der Waals surface area contributed by atoms with Crippen molar-refractivity contribution in [3.8, 4) is 0 Å². The number of methoxy groups -OCH3 is 1. The third-order valence-electron chi connectivity index (χ3n) is 7.12. The fourth-order valence-electron chi connectivity index (χ4n) is 4.66. The van der Waals surface area contributed by atoms with Crippen LogP contribution >= 0.6 is 0 Å². The van der Waals surface area contributed by atoms with Gasteiger partial charge in [-0.3, -0.25) is 24.1 Å². The first-order chi connectivity index (χ1) is 19.4. The van der Waals surface area contributed by atoms with E-state index in [1.165, 1.54) is 11.9 Å². The van der Waals surface area contributed by atoms with E-state index < -0.39 is 18.0 Å². The summed E-state index contributed by atoms with van der Waals surface area (Å²) in [6.45, 7) is 9.37. The van der Waals surface area contributed by atoms with Crippen molar-refractivity contribution in [3.63, 3.8) is 0 Å². The Balaban J connectivity index is 2.76. The Bertz CT molecular complexity index is 998. The zero-order valence-electron chi connectivity index (χ0n) is 25.6. The predicted molar refractivity (Wildman–Crippen MR) is 156 cm³/mol. The lowest BCUT2D eigenvalue weighted by molar-refractivity contribution is -0.138. The van der Waals surface area contributed by atoms with E-state index in [0.717, 1.165) is 12.8 Å². The van der Waals surface area contributed by atoms with Crippen LogP contribution in [0.1, 0.15) is 53.0 Å². The lowest BCUT2D eigenvalue weighted by Crippen LogP contribution is -2.54. The summed E-state index contributed by atoms with van der Waals surface area (Å²) in [5.41, 5.74) is 1.20. The quantitative estimate of drug-likeness (QED) is 0.241. The number of likely N-dealkylation sites (N-methyl/N-ethyl adjacent to an activating group) is 2. The van der Waals surface area contributed by atoms with Gasteiger partial charge in [-0.05, 0) is 36.0 Å². The zero-order valence-corrected chi connectivity index (χ0v) is 25.6. The van der Waals surface area contributed by atoms with Gasteiger partial charge in [-0.25, -0.2) is 4.79 Å². The van der Waals surface area contributed by atoms with E-state index in [1.54, 1.807) is 43.3 Å². The van der Waals surface area contributed by atoms with E-state index in [4.69, 9.17) is 9.47 Å². The maximum absolute atomic E-state index is 13.1. The second-order valence-corrected chi connectivity index (χ2v) is 10.4. The van der Waals surface area contributed by atoms with Crippen LogP contribution < -0.4 is 16.0 Å². The van der Waals surface area contributed by atoms with Gasteiger partial charge in [0.15, 0.2) is 0 Å². The number of amides is 5. The van der Waals surface area contributed by atoms with E-state index in [2.05, 4.69) is 29.8 Å². The van der Waals surface area contributed by atoms with Crippen molar-refractivity contribution in [1.29, 1.82) is 0 Å². The molecule has 3 N–H and O–H groups in total. The molecule has 4 atom stereocenters. The summed E-state index contributed by atoms with van der Waals surface area (Å²) >= 11 is 0. The summed E-state index contributed by atoms with van der Waals surface area (Å²) in [6, 6.07) is 5.67. The summed E-state index contributed by atoms with van der Waals surface area (Å²) in [7, 11) is 4.84. The molecule has 0 saturated heterocycles. The van der Waals surface area contributed by atoms with Crippen LogP contribution in [0.3, 0.4) is 0 Å². The van der Waals surface area contributed by atoms with Crippen LogP contribution in [0.5, 0.6) is 0 Å². The second-order valence-electron chi connectivity index (χ2n) is 10.4. The largest absolute Gasteiger partial charge is 0.445 e. The smallest absolute Gasteiger partial charge is 0.410 e. The van der Waals surface area contributed by atoms with Gasteiger partial charge < -0.3 is 30.3 Å². The Morgan fingerprint density at radius 3 is 2.10 bits per heavy atom. The average Bonchev–Trinajstić information content (AvgIpc) is 2.95. The number of benzene rings is 1. The minimum absolute atomic E-state index is 0.0467. The minimum Gasteiger partial charge on any atom is -0.445 e. The molecule has 3 unspecified atom stereocenters. The number of hydrogen-bond acceptors (Lipinski definition) is 7. The molecule has 12 heteroatoms. The molecule has 0 aliphatic heterocycles. The van der Waals surface area contributed by atoms with Crippen LogP contribution in [-0.4, -0.2) is 92.5 Å². The Morgan fingerprint density at radius 1 is 0.951 bits per heavy atom. The van der Waals surface area contributed by atoms with Crippen molar-refractivity contribution < 1.29 is 33.4 Å². The van der Waals surface area contributed by atoms with E-state index >= 15 is 0 Å². The Morgan fingerprint density at radius 2 is 1.59 bits per heavy atom. The summed E-state index contributed by atoms with van der Waals surface area (Å²) in [6.07, 6.45) is 1.24. The van der Waals surface area contributed by atoms with Gasteiger partial charge >= 0.3 is 6.09 Å². The van der Waals surface area contributed by atoms with Crippen LogP contribution in [0.25, 0.3) is 0 Å². The second kappa shape index (κ2) is 17.9. The molecular weight excluding hydrogens is 530 g/mol. The first kappa shape index (κ1) is 35.4. The monoisotopic (exact) mass is 577 g/mol. The lowest BCUT2D eigenvalue weighted by Gasteiger charge is -2.37. The molecule has 0 aliphatic carbocycles. The van der Waals surface area contributed by atoms with Crippen molar-refractivity contribution in [3.05, 3.63) is 29.8 Å². The van der Waals surface area contributed by atoms with Crippen molar-refractivity contribution in [1.82, 2.24) is 20.4 Å².